The molecule has 1 aromatic rings. The lowest BCUT2D eigenvalue weighted by atomic mass is 10.2. The van der Waals surface area contributed by atoms with Crippen molar-refractivity contribution in [1.82, 2.24) is 0 Å². The van der Waals surface area contributed by atoms with Crippen molar-refractivity contribution in [3.8, 4) is 0 Å². The highest BCUT2D eigenvalue weighted by molar-refractivity contribution is 8.00. The molecule has 2 rings (SSSR count). The Morgan fingerprint density at radius 2 is 2.19 bits per heavy atom. The Morgan fingerprint density at radius 3 is 2.75 bits per heavy atom. The first kappa shape index (κ1) is 11.8. The first-order chi connectivity index (χ1) is 7.79. The van der Waals surface area contributed by atoms with Gasteiger partial charge in [-0.25, -0.2) is 0 Å². The molecule has 1 heterocycles. The van der Waals surface area contributed by atoms with Crippen LogP contribution in [0.15, 0.2) is 24.3 Å². The van der Waals surface area contributed by atoms with Gasteiger partial charge in [-0.1, -0.05) is 12.1 Å². The van der Waals surface area contributed by atoms with Crippen LogP contribution < -0.4 is 5.32 Å². The minimum Gasteiger partial charge on any atom is -0.325 e. The van der Waals surface area contributed by atoms with Gasteiger partial charge in [0, 0.05) is 11.6 Å². The lowest BCUT2D eigenvalue weighted by Crippen LogP contribution is -2.22. The van der Waals surface area contributed by atoms with Crippen molar-refractivity contribution in [3.05, 3.63) is 29.8 Å². The quantitative estimate of drug-likeness (QED) is 0.840. The largest absolute Gasteiger partial charge is 0.325 e. The van der Waals surface area contributed by atoms with Gasteiger partial charge < -0.3 is 5.32 Å². The first-order valence-corrected chi connectivity index (χ1v) is 6.95. The third-order valence-corrected chi connectivity index (χ3v) is 4.28. The Balaban J connectivity index is 1.94. The zero-order chi connectivity index (χ0) is 11.4. The zero-order valence-electron chi connectivity index (χ0n) is 8.91. The minimum atomic E-state index is 0.126. The molecule has 86 valence electrons. The maximum absolute atomic E-state index is 11.8. The fraction of sp³-hybridized carbons (Fsp3) is 0.417. The molecule has 0 bridgehead atoms. The van der Waals surface area contributed by atoms with Crippen LogP contribution in [0.25, 0.3) is 0 Å². The Kier molecular flexibility index (Phi) is 4.13. The van der Waals surface area contributed by atoms with Gasteiger partial charge in [0.15, 0.2) is 0 Å². The van der Waals surface area contributed by atoms with Gasteiger partial charge >= 0.3 is 0 Å². The molecular formula is C12H14ClNOS. The number of carbonyl (C=O) groups is 1. The molecule has 16 heavy (non-hydrogen) atoms. The standard InChI is InChI=1S/C12H14ClNOS/c13-8-9-3-5-10(6-4-9)14-12(15)11-2-1-7-16-11/h3-6,11H,1-2,7-8H2,(H,14,15). The molecule has 1 unspecified atom stereocenters. The van der Waals surface area contributed by atoms with Gasteiger partial charge in [-0.15, -0.1) is 23.4 Å². The summed E-state index contributed by atoms with van der Waals surface area (Å²) in [7, 11) is 0. The molecule has 1 atom stereocenters. The molecular weight excluding hydrogens is 242 g/mol. The van der Waals surface area contributed by atoms with E-state index in [1.54, 1.807) is 11.8 Å². The number of anilines is 1. The first-order valence-electron chi connectivity index (χ1n) is 5.37. The van der Waals surface area contributed by atoms with Crippen LogP contribution in [0.3, 0.4) is 0 Å². The van der Waals surface area contributed by atoms with Crippen molar-refractivity contribution in [2.75, 3.05) is 11.1 Å². The average molecular weight is 256 g/mol. The molecule has 4 heteroatoms. The average Bonchev–Trinajstić information content (AvgIpc) is 2.83. The summed E-state index contributed by atoms with van der Waals surface area (Å²) in [6.07, 6.45) is 2.14. The van der Waals surface area contributed by atoms with Gasteiger partial charge in [0.05, 0.1) is 5.25 Å². The molecule has 1 aliphatic heterocycles. The Labute approximate surface area is 105 Å². The van der Waals surface area contributed by atoms with Crippen LogP contribution in [-0.4, -0.2) is 16.9 Å². The Morgan fingerprint density at radius 1 is 1.44 bits per heavy atom. The van der Waals surface area contributed by atoms with E-state index in [1.807, 2.05) is 24.3 Å². The van der Waals surface area contributed by atoms with E-state index in [1.165, 1.54) is 0 Å². The smallest absolute Gasteiger partial charge is 0.237 e. The van der Waals surface area contributed by atoms with E-state index < -0.39 is 0 Å². The van der Waals surface area contributed by atoms with E-state index in [-0.39, 0.29) is 11.2 Å². The normalized spacial score (nSPS) is 19.7. The van der Waals surface area contributed by atoms with E-state index in [0.29, 0.717) is 5.88 Å². The number of nitrogens with one attached hydrogen (secondary N) is 1. The molecule has 1 aromatic carbocycles. The summed E-state index contributed by atoms with van der Waals surface area (Å²) in [5.74, 6) is 1.73. The number of benzene rings is 1. The molecule has 1 amide bonds. The molecule has 1 aliphatic rings. The van der Waals surface area contributed by atoms with Crippen LogP contribution >= 0.6 is 23.4 Å². The number of amides is 1. The molecule has 1 fully saturated rings. The molecule has 1 saturated heterocycles. The molecule has 0 saturated carbocycles. The highest BCUT2D eigenvalue weighted by Crippen LogP contribution is 2.27. The lowest BCUT2D eigenvalue weighted by molar-refractivity contribution is -0.115. The van der Waals surface area contributed by atoms with E-state index in [0.717, 1.165) is 29.8 Å². The molecule has 0 spiro atoms. The summed E-state index contributed by atoms with van der Waals surface area (Å²) >= 11 is 7.44. The predicted molar refractivity (Wildman–Crippen MR) is 70.1 cm³/mol. The molecule has 0 aromatic heterocycles. The van der Waals surface area contributed by atoms with Crippen LogP contribution in [0.4, 0.5) is 5.69 Å². The van der Waals surface area contributed by atoms with E-state index in [2.05, 4.69) is 5.32 Å². The van der Waals surface area contributed by atoms with E-state index >= 15 is 0 Å². The summed E-state index contributed by atoms with van der Waals surface area (Å²) in [6.45, 7) is 0. The summed E-state index contributed by atoms with van der Waals surface area (Å²) in [5.41, 5.74) is 1.92. The SMILES string of the molecule is O=C(Nc1ccc(CCl)cc1)C1CCCS1. The zero-order valence-corrected chi connectivity index (χ0v) is 10.5. The molecule has 2 nitrogen and oxygen atoms in total. The van der Waals surface area contributed by atoms with Gasteiger partial charge in [-0.3, -0.25) is 4.79 Å². The van der Waals surface area contributed by atoms with Crippen molar-refractivity contribution in [2.45, 2.75) is 24.0 Å². The van der Waals surface area contributed by atoms with Crippen LogP contribution in [-0.2, 0) is 10.7 Å². The maximum atomic E-state index is 11.8. The van der Waals surface area contributed by atoms with Crippen LogP contribution in [0.1, 0.15) is 18.4 Å². The van der Waals surface area contributed by atoms with Crippen LogP contribution in [0, 0.1) is 0 Å². The number of carbonyl (C=O) groups excluding carboxylic acids is 1. The topological polar surface area (TPSA) is 29.1 Å². The monoisotopic (exact) mass is 255 g/mol. The summed E-state index contributed by atoms with van der Waals surface area (Å²) in [5, 5.41) is 3.06. The second-order valence-electron chi connectivity index (χ2n) is 3.82. The van der Waals surface area contributed by atoms with Crippen molar-refractivity contribution in [2.24, 2.45) is 0 Å². The fourth-order valence-corrected chi connectivity index (χ4v) is 3.02. The second kappa shape index (κ2) is 5.60. The molecule has 0 aliphatic carbocycles. The van der Waals surface area contributed by atoms with Crippen LogP contribution in [0.5, 0.6) is 0 Å². The third kappa shape index (κ3) is 2.92. The van der Waals surface area contributed by atoms with E-state index in [9.17, 15) is 4.79 Å². The maximum Gasteiger partial charge on any atom is 0.237 e. The predicted octanol–water partition coefficient (Wildman–Crippen LogP) is 3.26. The summed E-state index contributed by atoms with van der Waals surface area (Å²) in [6, 6.07) is 7.67. The van der Waals surface area contributed by atoms with E-state index in [4.69, 9.17) is 11.6 Å². The number of rotatable bonds is 3. The highest BCUT2D eigenvalue weighted by Gasteiger charge is 2.23. The second-order valence-corrected chi connectivity index (χ2v) is 5.40. The van der Waals surface area contributed by atoms with Crippen molar-refractivity contribution in [3.63, 3.8) is 0 Å². The number of alkyl halides is 1. The summed E-state index contributed by atoms with van der Waals surface area (Å²) in [4.78, 5) is 11.8. The Bertz CT molecular complexity index is 360. The molecule has 0 radical (unpaired) electrons. The van der Waals surface area contributed by atoms with Gasteiger partial charge in [0.1, 0.15) is 0 Å². The highest BCUT2D eigenvalue weighted by atomic mass is 35.5. The Hall–Kier alpha value is -0.670. The number of halogens is 1. The van der Waals surface area contributed by atoms with Gasteiger partial charge in [-0.05, 0) is 36.3 Å². The fourth-order valence-electron chi connectivity index (χ4n) is 1.68. The van der Waals surface area contributed by atoms with Crippen molar-refractivity contribution in [1.29, 1.82) is 0 Å². The number of hydrogen-bond acceptors (Lipinski definition) is 2. The van der Waals surface area contributed by atoms with Crippen LogP contribution in [0.2, 0.25) is 0 Å². The minimum absolute atomic E-state index is 0.126. The van der Waals surface area contributed by atoms with Gasteiger partial charge in [0.25, 0.3) is 0 Å². The van der Waals surface area contributed by atoms with Crippen molar-refractivity contribution >= 4 is 35.0 Å². The number of thioether (sulfide) groups is 1. The third-order valence-electron chi connectivity index (χ3n) is 2.60. The lowest BCUT2D eigenvalue weighted by Gasteiger charge is -2.09. The van der Waals surface area contributed by atoms with Gasteiger partial charge in [-0.2, -0.15) is 0 Å². The number of hydrogen-bond donors (Lipinski definition) is 1. The van der Waals surface area contributed by atoms with Gasteiger partial charge in [0.2, 0.25) is 5.91 Å². The van der Waals surface area contributed by atoms with Crippen molar-refractivity contribution < 1.29 is 4.79 Å². The summed E-state index contributed by atoms with van der Waals surface area (Å²) < 4.78 is 0. The molecule has 1 N–H and O–H groups in total.